The van der Waals surface area contributed by atoms with Crippen molar-refractivity contribution in [3.05, 3.63) is 0 Å². The van der Waals surface area contributed by atoms with Crippen molar-refractivity contribution in [3.8, 4) is 0 Å². The van der Waals surface area contributed by atoms with Crippen LogP contribution in [0.3, 0.4) is 0 Å². The van der Waals surface area contributed by atoms with Gasteiger partial charge in [0.25, 0.3) is 0 Å². The third-order valence-electron chi connectivity index (χ3n) is 0.905. The number of hydrogen-bond acceptors (Lipinski definition) is 4. The van der Waals surface area contributed by atoms with Crippen LogP contribution in [0.15, 0.2) is 0 Å². The van der Waals surface area contributed by atoms with Crippen LogP contribution in [0.2, 0.25) is 0 Å². The highest BCUT2D eigenvalue weighted by Gasteiger charge is 1.82. The monoisotopic (exact) mass is 148 g/mol. The maximum atomic E-state index is 5.07. The number of hydrogen-bond donors (Lipinski definition) is 2. The first-order valence-corrected chi connectivity index (χ1v) is 3.40. The van der Waals surface area contributed by atoms with Gasteiger partial charge in [-0.05, 0) is 6.54 Å². The molecule has 0 saturated carbocycles. The van der Waals surface area contributed by atoms with E-state index >= 15 is 0 Å². The van der Waals surface area contributed by atoms with Gasteiger partial charge in [0.1, 0.15) is 0 Å². The Morgan fingerprint density at radius 1 is 1.10 bits per heavy atom. The Morgan fingerprint density at radius 3 is 2.40 bits per heavy atom. The summed E-state index contributed by atoms with van der Waals surface area (Å²) >= 11 is 0. The fraction of sp³-hybridized carbons (Fsp3) is 1.00. The summed E-state index contributed by atoms with van der Waals surface area (Å²) in [5.74, 6) is 0. The quantitative estimate of drug-likeness (QED) is 0.385. The van der Waals surface area contributed by atoms with Crippen molar-refractivity contribution in [2.24, 2.45) is 0 Å². The van der Waals surface area contributed by atoms with E-state index in [1.54, 1.807) is 7.11 Å². The van der Waals surface area contributed by atoms with Crippen LogP contribution in [0.5, 0.6) is 0 Å². The first-order chi connectivity index (χ1) is 4.91. The minimum Gasteiger partial charge on any atom is -0.369 e. The fourth-order valence-corrected chi connectivity index (χ4v) is 0.441. The average Bonchev–Trinajstić information content (AvgIpc) is 1.97. The van der Waals surface area contributed by atoms with Gasteiger partial charge in [0.15, 0.2) is 0 Å². The van der Waals surface area contributed by atoms with Gasteiger partial charge >= 0.3 is 0 Å². The summed E-state index contributed by atoms with van der Waals surface area (Å²) in [7, 11) is 1.64. The predicted molar refractivity (Wildman–Crippen MR) is 39.5 cm³/mol. The molecule has 0 aromatic rings. The summed E-state index contributed by atoms with van der Waals surface area (Å²) in [5, 5.41) is 5.93. The van der Waals surface area contributed by atoms with Crippen LogP contribution in [0.25, 0.3) is 0 Å². The summed E-state index contributed by atoms with van der Waals surface area (Å²) < 4.78 is 9.81. The van der Waals surface area contributed by atoms with E-state index in [-0.39, 0.29) is 0 Å². The Kier molecular flexibility index (Phi) is 8.70. The molecule has 10 heavy (non-hydrogen) atoms. The lowest BCUT2D eigenvalue weighted by atomic mass is 10.8. The Balaban J connectivity index is 2.65. The summed E-state index contributed by atoms with van der Waals surface area (Å²) in [4.78, 5) is 0. The first-order valence-electron chi connectivity index (χ1n) is 3.40. The maximum Gasteiger partial charge on any atom is 0.1000 e. The summed E-state index contributed by atoms with van der Waals surface area (Å²) in [6.07, 6.45) is 0. The van der Waals surface area contributed by atoms with Crippen molar-refractivity contribution >= 4 is 0 Å². The van der Waals surface area contributed by atoms with Crippen molar-refractivity contribution in [3.63, 3.8) is 0 Å². The molecule has 0 amide bonds. The van der Waals surface area contributed by atoms with Crippen LogP contribution in [-0.4, -0.2) is 33.8 Å². The minimum absolute atomic E-state index is 0.529. The van der Waals surface area contributed by atoms with Crippen LogP contribution in [0, 0.1) is 0 Å². The second-order valence-electron chi connectivity index (χ2n) is 1.78. The third kappa shape index (κ3) is 7.84. The topological polar surface area (TPSA) is 42.5 Å². The van der Waals surface area contributed by atoms with E-state index in [1.165, 1.54) is 0 Å². The molecular formula is C6H16N2O2. The SMILES string of the molecule is CCNCOCNCOC. The Labute approximate surface area is 61.9 Å². The molecule has 0 radical (unpaired) electrons. The molecule has 0 atom stereocenters. The summed E-state index contributed by atoms with van der Waals surface area (Å²) in [6.45, 7) is 4.62. The largest absolute Gasteiger partial charge is 0.369 e. The standard InChI is InChI=1S/C6H16N2O2/c1-3-7-5-10-6-8-4-9-2/h7-8H,3-6H2,1-2H3. The molecule has 0 fully saturated rings. The Hall–Kier alpha value is -0.160. The molecular weight excluding hydrogens is 132 g/mol. The zero-order chi connectivity index (χ0) is 7.66. The van der Waals surface area contributed by atoms with Crippen molar-refractivity contribution < 1.29 is 9.47 Å². The van der Waals surface area contributed by atoms with Crippen LogP contribution in [0.1, 0.15) is 6.92 Å². The van der Waals surface area contributed by atoms with E-state index in [1.807, 2.05) is 6.92 Å². The summed E-state index contributed by atoms with van der Waals surface area (Å²) in [6, 6.07) is 0. The molecule has 0 bridgehead atoms. The van der Waals surface area contributed by atoms with Gasteiger partial charge in [-0.25, -0.2) is 0 Å². The average molecular weight is 148 g/mol. The van der Waals surface area contributed by atoms with Crippen molar-refractivity contribution in [1.82, 2.24) is 10.6 Å². The van der Waals surface area contributed by atoms with Crippen molar-refractivity contribution in [2.75, 3.05) is 33.8 Å². The van der Waals surface area contributed by atoms with E-state index in [0.717, 1.165) is 6.54 Å². The molecule has 2 N–H and O–H groups in total. The molecule has 0 spiro atoms. The highest BCUT2D eigenvalue weighted by atomic mass is 16.5. The van der Waals surface area contributed by atoms with Gasteiger partial charge in [-0.1, -0.05) is 6.92 Å². The van der Waals surface area contributed by atoms with E-state index in [9.17, 15) is 0 Å². The smallest absolute Gasteiger partial charge is 0.1000 e. The summed E-state index contributed by atoms with van der Waals surface area (Å²) in [5.41, 5.74) is 0. The van der Waals surface area contributed by atoms with Crippen LogP contribution in [-0.2, 0) is 9.47 Å². The van der Waals surface area contributed by atoms with Crippen molar-refractivity contribution in [2.45, 2.75) is 6.92 Å². The van der Waals surface area contributed by atoms with E-state index in [0.29, 0.717) is 20.2 Å². The predicted octanol–water partition coefficient (Wildman–Crippen LogP) is -0.279. The molecule has 0 aliphatic heterocycles. The lowest BCUT2D eigenvalue weighted by molar-refractivity contribution is 0.0695. The molecule has 0 saturated heterocycles. The van der Waals surface area contributed by atoms with Gasteiger partial charge in [0.05, 0.1) is 20.2 Å². The van der Waals surface area contributed by atoms with Crippen LogP contribution >= 0.6 is 0 Å². The fourth-order valence-electron chi connectivity index (χ4n) is 0.441. The zero-order valence-corrected chi connectivity index (χ0v) is 6.64. The molecule has 0 aliphatic carbocycles. The normalized spacial score (nSPS) is 10.2. The van der Waals surface area contributed by atoms with Crippen molar-refractivity contribution in [1.29, 1.82) is 0 Å². The second-order valence-corrected chi connectivity index (χ2v) is 1.78. The number of rotatable bonds is 7. The van der Waals surface area contributed by atoms with Gasteiger partial charge in [0, 0.05) is 7.11 Å². The lowest BCUT2D eigenvalue weighted by Gasteiger charge is -2.04. The van der Waals surface area contributed by atoms with E-state index < -0.39 is 0 Å². The molecule has 0 aliphatic rings. The van der Waals surface area contributed by atoms with Crippen LogP contribution < -0.4 is 10.6 Å². The Bertz CT molecular complexity index is 53.7. The molecule has 0 heterocycles. The van der Waals surface area contributed by atoms with E-state index in [2.05, 4.69) is 10.6 Å². The van der Waals surface area contributed by atoms with Gasteiger partial charge in [-0.15, -0.1) is 0 Å². The lowest BCUT2D eigenvalue weighted by Crippen LogP contribution is -2.25. The minimum atomic E-state index is 0.529. The second kappa shape index (κ2) is 8.84. The molecule has 0 unspecified atom stereocenters. The molecule has 62 valence electrons. The molecule has 0 aromatic carbocycles. The highest BCUT2D eigenvalue weighted by Crippen LogP contribution is 1.66. The number of methoxy groups -OCH3 is 1. The molecule has 0 rings (SSSR count). The first kappa shape index (κ1) is 9.84. The van der Waals surface area contributed by atoms with Gasteiger partial charge in [-0.3, -0.25) is 10.6 Å². The van der Waals surface area contributed by atoms with Gasteiger partial charge < -0.3 is 9.47 Å². The third-order valence-corrected chi connectivity index (χ3v) is 0.905. The van der Waals surface area contributed by atoms with E-state index in [4.69, 9.17) is 9.47 Å². The van der Waals surface area contributed by atoms with Gasteiger partial charge in [-0.2, -0.15) is 0 Å². The zero-order valence-electron chi connectivity index (χ0n) is 6.64. The molecule has 4 nitrogen and oxygen atoms in total. The molecule has 4 heteroatoms. The Morgan fingerprint density at radius 2 is 1.80 bits per heavy atom. The highest BCUT2D eigenvalue weighted by molar-refractivity contribution is 4.28. The number of nitrogens with one attached hydrogen (secondary N) is 2. The maximum absolute atomic E-state index is 5.07. The number of ether oxygens (including phenoxy) is 2. The molecule has 0 aromatic heterocycles. The van der Waals surface area contributed by atoms with Crippen LogP contribution in [0.4, 0.5) is 0 Å². The van der Waals surface area contributed by atoms with Gasteiger partial charge in [0.2, 0.25) is 0 Å².